The Balaban J connectivity index is 1.79. The summed E-state index contributed by atoms with van der Waals surface area (Å²) in [5.74, 6) is -1.07. The molecule has 1 unspecified atom stereocenters. The second kappa shape index (κ2) is 6.73. The first kappa shape index (κ1) is 19.2. The van der Waals surface area contributed by atoms with Crippen molar-refractivity contribution in [2.24, 2.45) is 11.8 Å². The van der Waals surface area contributed by atoms with Crippen LogP contribution < -0.4 is 0 Å². The minimum absolute atomic E-state index is 0.0499. The van der Waals surface area contributed by atoms with Crippen LogP contribution in [0.2, 0.25) is 5.02 Å². The van der Waals surface area contributed by atoms with E-state index in [2.05, 4.69) is 0 Å². The summed E-state index contributed by atoms with van der Waals surface area (Å²) in [4.78, 5) is 25.7. The van der Waals surface area contributed by atoms with E-state index in [0.29, 0.717) is 23.1 Å². The molecule has 2 aliphatic rings. The highest BCUT2D eigenvalue weighted by Gasteiger charge is 2.47. The van der Waals surface area contributed by atoms with Crippen LogP contribution in [0.3, 0.4) is 0 Å². The molecule has 0 aliphatic heterocycles. The van der Waals surface area contributed by atoms with Crippen molar-refractivity contribution >= 4 is 23.2 Å². The smallest absolute Gasteiger partial charge is 0.298 e. The summed E-state index contributed by atoms with van der Waals surface area (Å²) in [6.07, 6.45) is -2.43. The maximum Gasteiger partial charge on any atom is 0.417 e. The Morgan fingerprint density at radius 3 is 2.11 bits per heavy atom. The standard InChI is InChI=1S/C22H18ClF3O2/c1-11-2-3-12(13-6-7-18(23)17(10-13)22(24,25)26)9-16(11)19-20(27)14-4-5-15(8-14)21(19)28/h2-3,6-7,9-10,14-15,19H,4-5,8H2,1H3/t14-,15+,19?. The van der Waals surface area contributed by atoms with E-state index in [1.807, 2.05) is 6.92 Å². The average molecular weight is 407 g/mol. The third-order valence-electron chi connectivity index (χ3n) is 6.00. The molecule has 2 fully saturated rings. The zero-order valence-corrected chi connectivity index (χ0v) is 15.9. The zero-order valence-electron chi connectivity index (χ0n) is 15.1. The lowest BCUT2D eigenvalue weighted by Crippen LogP contribution is -2.35. The van der Waals surface area contributed by atoms with Crippen molar-refractivity contribution in [2.75, 3.05) is 0 Å². The predicted octanol–water partition coefficient (Wildman–Crippen LogP) is 5.99. The molecule has 4 rings (SSSR count). The van der Waals surface area contributed by atoms with E-state index in [-0.39, 0.29) is 28.4 Å². The molecule has 6 heteroatoms. The van der Waals surface area contributed by atoms with E-state index in [1.54, 1.807) is 18.2 Å². The molecule has 2 bridgehead atoms. The maximum atomic E-state index is 13.2. The molecule has 2 saturated carbocycles. The van der Waals surface area contributed by atoms with Crippen LogP contribution in [0.15, 0.2) is 36.4 Å². The third kappa shape index (κ3) is 3.16. The van der Waals surface area contributed by atoms with Gasteiger partial charge in [-0.25, -0.2) is 0 Å². The minimum atomic E-state index is -4.56. The summed E-state index contributed by atoms with van der Waals surface area (Å²) in [5.41, 5.74) is 1.36. The number of ketones is 2. The quantitative estimate of drug-likeness (QED) is 0.574. The van der Waals surface area contributed by atoms with E-state index < -0.39 is 17.7 Å². The zero-order chi connectivity index (χ0) is 20.2. The fourth-order valence-corrected chi connectivity index (χ4v) is 4.69. The molecule has 146 valence electrons. The summed E-state index contributed by atoms with van der Waals surface area (Å²) in [6.45, 7) is 1.82. The van der Waals surface area contributed by atoms with Gasteiger partial charge in [0.05, 0.1) is 10.6 Å². The topological polar surface area (TPSA) is 34.1 Å². The van der Waals surface area contributed by atoms with Crippen molar-refractivity contribution in [3.63, 3.8) is 0 Å². The number of hydrogen-bond donors (Lipinski definition) is 0. The predicted molar refractivity (Wildman–Crippen MR) is 100 cm³/mol. The number of rotatable bonds is 2. The molecule has 0 aromatic heterocycles. The van der Waals surface area contributed by atoms with Gasteiger partial charge in [0.1, 0.15) is 5.92 Å². The second-order valence-corrected chi connectivity index (χ2v) is 8.12. The van der Waals surface area contributed by atoms with E-state index in [4.69, 9.17) is 11.6 Å². The Bertz CT molecular complexity index is 958. The fraction of sp³-hybridized carbons (Fsp3) is 0.364. The van der Waals surface area contributed by atoms with Crippen molar-refractivity contribution in [2.45, 2.75) is 38.3 Å². The Morgan fingerprint density at radius 1 is 0.929 bits per heavy atom. The van der Waals surface area contributed by atoms with Gasteiger partial charge >= 0.3 is 6.18 Å². The molecule has 0 radical (unpaired) electrons. The summed E-state index contributed by atoms with van der Waals surface area (Å²) < 4.78 is 39.6. The van der Waals surface area contributed by atoms with Gasteiger partial charge in [0.2, 0.25) is 0 Å². The largest absolute Gasteiger partial charge is 0.417 e. The highest BCUT2D eigenvalue weighted by atomic mass is 35.5. The Kier molecular flexibility index (Phi) is 4.61. The first-order chi connectivity index (χ1) is 13.2. The lowest BCUT2D eigenvalue weighted by molar-refractivity contribution is -0.138. The van der Waals surface area contributed by atoms with Gasteiger partial charge < -0.3 is 0 Å². The normalized spacial score (nSPS) is 24.7. The number of carbonyl (C=O) groups is 2. The van der Waals surface area contributed by atoms with Gasteiger partial charge in [-0.05, 0) is 66.6 Å². The van der Waals surface area contributed by atoms with Crippen LogP contribution in [0.5, 0.6) is 0 Å². The summed E-state index contributed by atoms with van der Waals surface area (Å²) in [7, 11) is 0. The number of fused-ring (bicyclic) bond motifs is 2. The minimum Gasteiger partial charge on any atom is -0.298 e. The van der Waals surface area contributed by atoms with Gasteiger partial charge in [-0.2, -0.15) is 13.2 Å². The monoisotopic (exact) mass is 406 g/mol. The molecule has 2 nitrogen and oxygen atoms in total. The Morgan fingerprint density at radius 2 is 1.50 bits per heavy atom. The number of halogens is 4. The van der Waals surface area contributed by atoms with Crippen LogP contribution in [-0.2, 0) is 15.8 Å². The number of carbonyl (C=O) groups excluding carboxylic acids is 2. The fourth-order valence-electron chi connectivity index (χ4n) is 4.47. The van der Waals surface area contributed by atoms with Gasteiger partial charge in [0, 0.05) is 11.8 Å². The highest BCUT2D eigenvalue weighted by molar-refractivity contribution is 6.31. The molecule has 28 heavy (non-hydrogen) atoms. The number of aryl methyl sites for hydroxylation is 1. The van der Waals surface area contributed by atoms with Crippen molar-refractivity contribution in [3.8, 4) is 11.1 Å². The van der Waals surface area contributed by atoms with Crippen LogP contribution in [0.25, 0.3) is 11.1 Å². The second-order valence-electron chi connectivity index (χ2n) is 7.71. The lowest BCUT2D eigenvalue weighted by Gasteiger charge is -2.27. The van der Waals surface area contributed by atoms with Gasteiger partial charge in [0.15, 0.2) is 11.6 Å². The van der Waals surface area contributed by atoms with Crippen molar-refractivity contribution < 1.29 is 22.8 Å². The molecule has 2 aromatic carbocycles. The highest BCUT2D eigenvalue weighted by Crippen LogP contribution is 2.45. The Labute approximate surface area is 165 Å². The van der Waals surface area contributed by atoms with Crippen molar-refractivity contribution in [1.82, 2.24) is 0 Å². The Hall–Kier alpha value is -2.14. The van der Waals surface area contributed by atoms with Gasteiger partial charge in [0.25, 0.3) is 0 Å². The maximum absolute atomic E-state index is 13.2. The molecule has 0 amide bonds. The molecular formula is C22H18ClF3O2. The SMILES string of the molecule is Cc1ccc(-c2ccc(Cl)c(C(F)(F)F)c2)cc1C1C(=O)[C@@H]2CC[C@@H](C2)C1=O. The molecule has 2 aliphatic carbocycles. The lowest BCUT2D eigenvalue weighted by atomic mass is 9.74. The van der Waals surface area contributed by atoms with Crippen LogP contribution >= 0.6 is 11.6 Å². The number of Topliss-reactive ketones (excluding diaryl/α,β-unsaturated/α-hetero) is 2. The number of hydrogen-bond acceptors (Lipinski definition) is 2. The van der Waals surface area contributed by atoms with E-state index >= 15 is 0 Å². The molecule has 0 saturated heterocycles. The van der Waals surface area contributed by atoms with Crippen LogP contribution in [0.4, 0.5) is 13.2 Å². The number of benzene rings is 2. The molecule has 0 spiro atoms. The van der Waals surface area contributed by atoms with E-state index in [1.165, 1.54) is 12.1 Å². The van der Waals surface area contributed by atoms with Gasteiger partial charge in [-0.1, -0.05) is 29.8 Å². The van der Waals surface area contributed by atoms with E-state index in [9.17, 15) is 22.8 Å². The number of alkyl halides is 3. The molecule has 2 aromatic rings. The first-order valence-corrected chi connectivity index (χ1v) is 9.59. The van der Waals surface area contributed by atoms with Crippen LogP contribution in [0.1, 0.15) is 41.9 Å². The van der Waals surface area contributed by atoms with Crippen LogP contribution in [-0.4, -0.2) is 11.6 Å². The van der Waals surface area contributed by atoms with Crippen molar-refractivity contribution in [3.05, 3.63) is 58.1 Å². The van der Waals surface area contributed by atoms with Gasteiger partial charge in [-0.3, -0.25) is 9.59 Å². The van der Waals surface area contributed by atoms with Crippen LogP contribution in [0, 0.1) is 18.8 Å². The third-order valence-corrected chi connectivity index (χ3v) is 6.33. The molecule has 0 heterocycles. The summed E-state index contributed by atoms with van der Waals surface area (Å²) in [6, 6.07) is 8.88. The molecule has 3 atom stereocenters. The first-order valence-electron chi connectivity index (χ1n) is 9.22. The summed E-state index contributed by atoms with van der Waals surface area (Å²) in [5, 5.41) is -0.363. The summed E-state index contributed by atoms with van der Waals surface area (Å²) >= 11 is 5.71. The van der Waals surface area contributed by atoms with E-state index in [0.717, 1.165) is 24.5 Å². The van der Waals surface area contributed by atoms with Crippen molar-refractivity contribution in [1.29, 1.82) is 0 Å². The van der Waals surface area contributed by atoms with Gasteiger partial charge in [-0.15, -0.1) is 0 Å². The average Bonchev–Trinajstić information content (AvgIpc) is 3.08. The molecule has 0 N–H and O–H groups in total. The molecular weight excluding hydrogens is 389 g/mol.